The third-order valence-electron chi connectivity index (χ3n) is 9.92. The molecular formula is C41H77NO3. The van der Waals surface area contributed by atoms with Gasteiger partial charge in [-0.3, -0.25) is 9.59 Å². The molecule has 4 heteroatoms. The number of hydrogen-bond donors (Lipinski definition) is 2. The quantitative estimate of drug-likeness (QED) is 0.0420. The number of ketones is 2. The predicted octanol–water partition coefficient (Wildman–Crippen LogP) is 11.9. The summed E-state index contributed by atoms with van der Waals surface area (Å²) in [4.78, 5) is 26.7. The van der Waals surface area contributed by atoms with Crippen molar-refractivity contribution in [3.63, 3.8) is 0 Å². The van der Waals surface area contributed by atoms with E-state index in [9.17, 15) is 14.7 Å². The van der Waals surface area contributed by atoms with Gasteiger partial charge in [0, 0.05) is 19.4 Å². The minimum atomic E-state index is -1.52. The van der Waals surface area contributed by atoms with Gasteiger partial charge < -0.3 is 10.8 Å². The number of unbranched alkanes of at least 4 members (excludes halogenated alkanes) is 22. The standard InChI is InChI=1S/C41H77NO3/c1-5-7-9-11-13-15-17-19-21-23-25-27-29-31-33-35-38(43)41(4,40(3,45)37-42)39(44)36-34-32-30-28-26-24-22-20-18-16-14-12-10-8-6-2/h19-22,45H,5-18,23-37,42H2,1-4H3/b21-19-,22-20-. The van der Waals surface area contributed by atoms with Crippen LogP contribution in [-0.4, -0.2) is 28.8 Å². The Morgan fingerprint density at radius 1 is 0.489 bits per heavy atom. The monoisotopic (exact) mass is 632 g/mol. The van der Waals surface area contributed by atoms with E-state index in [0.717, 1.165) is 51.4 Å². The normalized spacial score (nSPS) is 13.6. The summed E-state index contributed by atoms with van der Waals surface area (Å²) in [7, 11) is 0. The van der Waals surface area contributed by atoms with Crippen molar-refractivity contribution in [2.24, 2.45) is 11.1 Å². The minimum Gasteiger partial charge on any atom is -0.387 e. The lowest BCUT2D eigenvalue weighted by molar-refractivity contribution is -0.156. The van der Waals surface area contributed by atoms with E-state index in [1.165, 1.54) is 116 Å². The molecule has 45 heavy (non-hydrogen) atoms. The van der Waals surface area contributed by atoms with E-state index < -0.39 is 11.0 Å². The molecule has 4 nitrogen and oxygen atoms in total. The van der Waals surface area contributed by atoms with E-state index in [4.69, 9.17) is 5.73 Å². The SMILES string of the molecule is CCCCCCCC/C=C\CCCCCCCC(=O)C(C)(C(=O)CCCCCCC/C=C\CCCCCCCC)C(C)(O)CN. The molecule has 0 aromatic heterocycles. The van der Waals surface area contributed by atoms with Gasteiger partial charge in [0.25, 0.3) is 0 Å². The number of rotatable bonds is 34. The molecule has 3 N–H and O–H groups in total. The molecule has 0 radical (unpaired) electrons. The molecule has 0 aliphatic carbocycles. The lowest BCUT2D eigenvalue weighted by atomic mass is 9.66. The summed E-state index contributed by atoms with van der Waals surface area (Å²) >= 11 is 0. The number of carbonyl (C=O) groups excluding carboxylic acids is 2. The van der Waals surface area contributed by atoms with Gasteiger partial charge in [0.1, 0.15) is 17.0 Å². The van der Waals surface area contributed by atoms with Crippen LogP contribution in [0, 0.1) is 5.41 Å². The van der Waals surface area contributed by atoms with Crippen LogP contribution in [0.4, 0.5) is 0 Å². The zero-order valence-corrected chi connectivity index (χ0v) is 30.7. The van der Waals surface area contributed by atoms with Gasteiger partial charge in [0.2, 0.25) is 0 Å². The van der Waals surface area contributed by atoms with Gasteiger partial charge in [-0.15, -0.1) is 0 Å². The van der Waals surface area contributed by atoms with Crippen LogP contribution in [-0.2, 0) is 9.59 Å². The lowest BCUT2D eigenvalue weighted by Gasteiger charge is -2.39. The highest BCUT2D eigenvalue weighted by atomic mass is 16.3. The van der Waals surface area contributed by atoms with Crippen LogP contribution in [0.1, 0.15) is 207 Å². The van der Waals surface area contributed by atoms with E-state index in [1.807, 2.05) is 0 Å². The second-order valence-electron chi connectivity index (χ2n) is 14.1. The first-order chi connectivity index (χ1) is 21.8. The molecule has 1 unspecified atom stereocenters. The Balaban J connectivity index is 4.16. The number of nitrogens with two attached hydrogens (primary N) is 1. The smallest absolute Gasteiger partial charge is 0.149 e. The number of hydrogen-bond acceptors (Lipinski definition) is 4. The lowest BCUT2D eigenvalue weighted by Crippen LogP contribution is -2.58. The van der Waals surface area contributed by atoms with Crippen molar-refractivity contribution in [2.75, 3.05) is 6.54 Å². The zero-order valence-electron chi connectivity index (χ0n) is 30.7. The largest absolute Gasteiger partial charge is 0.387 e. The van der Waals surface area contributed by atoms with Gasteiger partial charge in [-0.25, -0.2) is 0 Å². The molecular weight excluding hydrogens is 554 g/mol. The molecule has 0 amide bonds. The van der Waals surface area contributed by atoms with Crippen molar-refractivity contribution in [1.29, 1.82) is 0 Å². The first-order valence-electron chi connectivity index (χ1n) is 19.6. The van der Waals surface area contributed by atoms with Gasteiger partial charge in [-0.2, -0.15) is 0 Å². The second-order valence-corrected chi connectivity index (χ2v) is 14.1. The molecule has 0 aromatic carbocycles. The zero-order chi connectivity index (χ0) is 33.5. The molecule has 0 saturated heterocycles. The van der Waals surface area contributed by atoms with Crippen LogP contribution in [0.15, 0.2) is 24.3 Å². The van der Waals surface area contributed by atoms with Crippen molar-refractivity contribution in [3.8, 4) is 0 Å². The maximum absolute atomic E-state index is 13.4. The molecule has 0 aliphatic rings. The van der Waals surface area contributed by atoms with Crippen LogP contribution in [0.2, 0.25) is 0 Å². The average molecular weight is 632 g/mol. The number of aliphatic hydroxyl groups is 1. The van der Waals surface area contributed by atoms with Gasteiger partial charge in [-0.1, -0.05) is 141 Å². The molecule has 0 fully saturated rings. The van der Waals surface area contributed by atoms with Crippen LogP contribution in [0.5, 0.6) is 0 Å². The van der Waals surface area contributed by atoms with Gasteiger partial charge in [0.15, 0.2) is 0 Å². The molecule has 0 spiro atoms. The third-order valence-corrected chi connectivity index (χ3v) is 9.92. The molecule has 0 rings (SSSR count). The molecule has 264 valence electrons. The Morgan fingerprint density at radius 2 is 0.756 bits per heavy atom. The highest BCUT2D eigenvalue weighted by molar-refractivity contribution is 6.08. The summed E-state index contributed by atoms with van der Waals surface area (Å²) in [5.74, 6) is -0.290. The summed E-state index contributed by atoms with van der Waals surface area (Å²) in [6.45, 7) is 7.62. The van der Waals surface area contributed by atoms with Crippen molar-refractivity contribution < 1.29 is 14.7 Å². The Labute approximate surface area is 280 Å². The summed E-state index contributed by atoms with van der Waals surface area (Å²) < 4.78 is 0. The summed E-state index contributed by atoms with van der Waals surface area (Å²) in [5.41, 5.74) is 2.92. The maximum atomic E-state index is 13.4. The van der Waals surface area contributed by atoms with Crippen molar-refractivity contribution in [1.82, 2.24) is 0 Å². The second kappa shape index (κ2) is 30.1. The topological polar surface area (TPSA) is 80.4 Å². The Bertz CT molecular complexity index is 702. The first-order valence-corrected chi connectivity index (χ1v) is 19.6. The van der Waals surface area contributed by atoms with Gasteiger partial charge in [-0.05, 0) is 78.1 Å². The molecule has 0 heterocycles. The van der Waals surface area contributed by atoms with E-state index in [0.29, 0.717) is 12.8 Å². The van der Waals surface area contributed by atoms with Crippen molar-refractivity contribution >= 4 is 11.6 Å². The number of carbonyl (C=O) groups is 2. The minimum absolute atomic E-state index is 0.0975. The molecule has 0 aliphatic heterocycles. The van der Waals surface area contributed by atoms with Crippen molar-refractivity contribution in [2.45, 2.75) is 213 Å². The highest BCUT2D eigenvalue weighted by Gasteiger charge is 2.52. The van der Waals surface area contributed by atoms with E-state index in [-0.39, 0.29) is 18.1 Å². The fourth-order valence-electron chi connectivity index (χ4n) is 6.17. The van der Waals surface area contributed by atoms with Crippen LogP contribution in [0.3, 0.4) is 0 Å². The van der Waals surface area contributed by atoms with Crippen molar-refractivity contribution in [3.05, 3.63) is 24.3 Å². The van der Waals surface area contributed by atoms with Gasteiger partial charge in [0.05, 0.1) is 5.60 Å². The Kier molecular flexibility index (Phi) is 29.3. The molecule has 0 saturated carbocycles. The molecule has 0 bridgehead atoms. The highest BCUT2D eigenvalue weighted by Crippen LogP contribution is 2.36. The first kappa shape index (κ1) is 43.7. The number of Topliss-reactive ketones (excluding diaryl/α,β-unsaturated/α-hetero) is 2. The predicted molar refractivity (Wildman–Crippen MR) is 197 cm³/mol. The molecule has 1 atom stereocenters. The summed E-state index contributed by atoms with van der Waals surface area (Å²) in [6, 6.07) is 0. The Morgan fingerprint density at radius 3 is 1.04 bits per heavy atom. The van der Waals surface area contributed by atoms with Crippen LogP contribution >= 0.6 is 0 Å². The molecule has 0 aromatic rings. The summed E-state index contributed by atoms with van der Waals surface area (Å²) in [6.07, 6.45) is 41.3. The average Bonchev–Trinajstić information content (AvgIpc) is 3.03. The van der Waals surface area contributed by atoms with Crippen LogP contribution in [0.25, 0.3) is 0 Å². The van der Waals surface area contributed by atoms with Gasteiger partial charge >= 0.3 is 0 Å². The van der Waals surface area contributed by atoms with Crippen LogP contribution < -0.4 is 5.73 Å². The third kappa shape index (κ3) is 22.0. The van der Waals surface area contributed by atoms with E-state index >= 15 is 0 Å². The summed E-state index contributed by atoms with van der Waals surface area (Å²) in [5, 5.41) is 11.1. The Hall–Kier alpha value is -1.26. The fraction of sp³-hybridized carbons (Fsp3) is 0.854. The number of allylic oxidation sites excluding steroid dienone is 4. The van der Waals surface area contributed by atoms with E-state index in [2.05, 4.69) is 38.2 Å². The van der Waals surface area contributed by atoms with E-state index in [1.54, 1.807) is 13.8 Å². The fourth-order valence-corrected chi connectivity index (χ4v) is 6.17. The maximum Gasteiger partial charge on any atom is 0.149 e.